The molecule has 1 aromatic rings. The summed E-state index contributed by atoms with van der Waals surface area (Å²) in [5, 5.41) is 0. The molecule has 0 aliphatic carbocycles. The lowest BCUT2D eigenvalue weighted by molar-refractivity contribution is -0.161. The van der Waals surface area contributed by atoms with Crippen LogP contribution in [0.4, 0.5) is 22.0 Å². The predicted octanol–water partition coefficient (Wildman–Crippen LogP) is 2.81. The Bertz CT molecular complexity index is 448. The highest BCUT2D eigenvalue weighted by Gasteiger charge is 2.42. The maximum Gasteiger partial charge on any atom is 0.401 e. The fourth-order valence-electron chi connectivity index (χ4n) is 1.10. The maximum absolute atomic E-state index is 13.1. The molecule has 2 N–H and O–H groups in total. The Balaban J connectivity index is 2.77. The van der Waals surface area contributed by atoms with Crippen molar-refractivity contribution in [2.75, 3.05) is 6.61 Å². The molecule has 0 fully saturated rings. The van der Waals surface area contributed by atoms with Crippen LogP contribution in [0, 0.1) is 17.6 Å². The standard InChI is InChI=1S/C10H8F5NOS/c11-5-1-2-8(7(12)3-5)17-4-6(9(16)18)10(13,14)15/h1-3,6H,4H2,(H2,16,18). The molecule has 0 aliphatic heterocycles. The first-order valence-electron chi connectivity index (χ1n) is 4.65. The number of nitrogens with two attached hydrogens (primary N) is 1. The smallest absolute Gasteiger partial charge is 0.401 e. The summed E-state index contributed by atoms with van der Waals surface area (Å²) < 4.78 is 67.6. The highest BCUT2D eigenvalue weighted by Crippen LogP contribution is 2.28. The van der Waals surface area contributed by atoms with Crippen molar-refractivity contribution in [1.82, 2.24) is 0 Å². The molecule has 1 rings (SSSR count). The lowest BCUT2D eigenvalue weighted by Crippen LogP contribution is -2.38. The number of ether oxygens (including phenoxy) is 1. The maximum atomic E-state index is 13.1. The first-order chi connectivity index (χ1) is 8.21. The van der Waals surface area contributed by atoms with E-state index in [0.717, 1.165) is 12.1 Å². The average Bonchev–Trinajstić information content (AvgIpc) is 2.18. The molecule has 0 radical (unpaired) electrons. The molecule has 1 atom stereocenters. The van der Waals surface area contributed by atoms with Crippen molar-refractivity contribution in [3.05, 3.63) is 29.8 Å². The number of hydrogen-bond acceptors (Lipinski definition) is 2. The highest BCUT2D eigenvalue weighted by atomic mass is 32.1. The van der Waals surface area contributed by atoms with E-state index in [0.29, 0.717) is 6.07 Å². The SMILES string of the molecule is NC(=S)C(COc1ccc(F)cc1F)C(F)(F)F. The third-order valence-corrected chi connectivity index (χ3v) is 2.32. The lowest BCUT2D eigenvalue weighted by Gasteiger charge is -2.19. The molecule has 1 aromatic carbocycles. The normalized spacial score (nSPS) is 13.2. The Hall–Kier alpha value is -1.44. The number of alkyl halides is 3. The van der Waals surface area contributed by atoms with Gasteiger partial charge in [0, 0.05) is 6.07 Å². The minimum Gasteiger partial charge on any atom is -0.489 e. The van der Waals surface area contributed by atoms with Crippen molar-refractivity contribution < 1.29 is 26.7 Å². The minimum atomic E-state index is -4.68. The summed E-state index contributed by atoms with van der Waals surface area (Å²) >= 11 is 4.26. The average molecular weight is 285 g/mol. The highest BCUT2D eigenvalue weighted by molar-refractivity contribution is 7.80. The summed E-state index contributed by atoms with van der Waals surface area (Å²) in [6.07, 6.45) is -4.68. The van der Waals surface area contributed by atoms with Gasteiger partial charge in [0.1, 0.15) is 18.3 Å². The molecular formula is C10H8F5NOS. The molecule has 0 aliphatic rings. The monoisotopic (exact) mass is 285 g/mol. The van der Waals surface area contributed by atoms with Crippen molar-refractivity contribution in [3.63, 3.8) is 0 Å². The molecule has 0 bridgehead atoms. The van der Waals surface area contributed by atoms with Crippen molar-refractivity contribution in [2.24, 2.45) is 11.7 Å². The molecule has 100 valence electrons. The first kappa shape index (κ1) is 14.6. The van der Waals surface area contributed by atoms with Crippen molar-refractivity contribution >= 4 is 17.2 Å². The first-order valence-corrected chi connectivity index (χ1v) is 5.06. The zero-order valence-corrected chi connectivity index (χ0v) is 9.62. The Labute approximate surface area is 105 Å². The van der Waals surface area contributed by atoms with Gasteiger partial charge in [-0.2, -0.15) is 13.2 Å². The van der Waals surface area contributed by atoms with Crippen LogP contribution >= 0.6 is 12.2 Å². The third kappa shape index (κ3) is 3.80. The van der Waals surface area contributed by atoms with Gasteiger partial charge in [-0.3, -0.25) is 0 Å². The van der Waals surface area contributed by atoms with Crippen LogP contribution in [0.25, 0.3) is 0 Å². The van der Waals surface area contributed by atoms with E-state index >= 15 is 0 Å². The summed E-state index contributed by atoms with van der Waals surface area (Å²) in [6.45, 7) is -0.957. The molecular weight excluding hydrogens is 277 g/mol. The predicted molar refractivity (Wildman–Crippen MR) is 58.2 cm³/mol. The number of halogens is 5. The summed E-state index contributed by atoms with van der Waals surface area (Å²) in [5.41, 5.74) is 4.93. The Morgan fingerprint density at radius 3 is 2.39 bits per heavy atom. The van der Waals surface area contributed by atoms with Gasteiger partial charge in [-0.05, 0) is 12.1 Å². The molecule has 0 saturated carbocycles. The van der Waals surface area contributed by atoms with Crippen LogP contribution in [0.5, 0.6) is 5.75 Å². The van der Waals surface area contributed by atoms with E-state index in [2.05, 4.69) is 17.0 Å². The molecule has 2 nitrogen and oxygen atoms in total. The molecule has 18 heavy (non-hydrogen) atoms. The van der Waals surface area contributed by atoms with E-state index in [4.69, 9.17) is 5.73 Å². The van der Waals surface area contributed by atoms with Crippen molar-refractivity contribution in [2.45, 2.75) is 6.18 Å². The van der Waals surface area contributed by atoms with Gasteiger partial charge in [-0.25, -0.2) is 8.78 Å². The van der Waals surface area contributed by atoms with Crippen molar-refractivity contribution in [3.8, 4) is 5.75 Å². The van der Waals surface area contributed by atoms with Crippen LogP contribution in [0.1, 0.15) is 0 Å². The second-order valence-corrected chi connectivity index (χ2v) is 3.85. The van der Waals surface area contributed by atoms with E-state index in [1.165, 1.54) is 0 Å². The fraction of sp³-hybridized carbons (Fsp3) is 0.300. The zero-order valence-electron chi connectivity index (χ0n) is 8.80. The molecule has 0 amide bonds. The Kier molecular flexibility index (Phi) is 4.44. The zero-order chi connectivity index (χ0) is 13.9. The van der Waals surface area contributed by atoms with Gasteiger partial charge in [0.05, 0.1) is 4.99 Å². The van der Waals surface area contributed by atoms with Gasteiger partial charge in [0.15, 0.2) is 11.6 Å². The van der Waals surface area contributed by atoms with Gasteiger partial charge in [0.2, 0.25) is 0 Å². The molecule has 8 heteroatoms. The van der Waals surface area contributed by atoms with E-state index < -0.39 is 41.1 Å². The Morgan fingerprint density at radius 1 is 1.33 bits per heavy atom. The molecule has 0 saturated heterocycles. The van der Waals surface area contributed by atoms with Gasteiger partial charge >= 0.3 is 6.18 Å². The number of rotatable bonds is 4. The van der Waals surface area contributed by atoms with Crippen LogP contribution in [0.15, 0.2) is 18.2 Å². The van der Waals surface area contributed by atoms with Crippen LogP contribution in [-0.4, -0.2) is 17.8 Å². The van der Waals surface area contributed by atoms with Crippen LogP contribution in [-0.2, 0) is 0 Å². The topological polar surface area (TPSA) is 35.2 Å². The summed E-state index contributed by atoms with van der Waals surface area (Å²) in [5.74, 6) is -4.64. The van der Waals surface area contributed by atoms with Crippen LogP contribution < -0.4 is 10.5 Å². The molecule has 1 unspecified atom stereocenters. The minimum absolute atomic E-state index is 0.498. The van der Waals surface area contributed by atoms with Gasteiger partial charge < -0.3 is 10.5 Å². The van der Waals surface area contributed by atoms with Crippen LogP contribution in [0.3, 0.4) is 0 Å². The van der Waals surface area contributed by atoms with E-state index in [9.17, 15) is 22.0 Å². The summed E-state index contributed by atoms with van der Waals surface area (Å²) in [6, 6.07) is 2.25. The van der Waals surface area contributed by atoms with Crippen LogP contribution in [0.2, 0.25) is 0 Å². The van der Waals surface area contributed by atoms with Crippen molar-refractivity contribution in [1.29, 1.82) is 0 Å². The van der Waals surface area contributed by atoms with Gasteiger partial charge in [-0.1, -0.05) is 12.2 Å². The lowest BCUT2D eigenvalue weighted by atomic mass is 10.1. The number of thiocarbonyl (C=S) groups is 1. The molecule has 0 aromatic heterocycles. The van der Waals surface area contributed by atoms with Gasteiger partial charge in [-0.15, -0.1) is 0 Å². The van der Waals surface area contributed by atoms with E-state index in [1.807, 2.05) is 0 Å². The molecule has 0 spiro atoms. The summed E-state index contributed by atoms with van der Waals surface area (Å²) in [4.78, 5) is -0.801. The third-order valence-electron chi connectivity index (χ3n) is 2.04. The fourth-order valence-corrected chi connectivity index (χ4v) is 1.30. The largest absolute Gasteiger partial charge is 0.489 e. The molecule has 0 heterocycles. The quantitative estimate of drug-likeness (QED) is 0.682. The summed E-state index contributed by atoms with van der Waals surface area (Å²) in [7, 11) is 0. The second kappa shape index (κ2) is 5.47. The van der Waals surface area contributed by atoms with Gasteiger partial charge in [0.25, 0.3) is 0 Å². The van der Waals surface area contributed by atoms with E-state index in [-0.39, 0.29) is 0 Å². The Morgan fingerprint density at radius 2 is 1.94 bits per heavy atom. The van der Waals surface area contributed by atoms with E-state index in [1.54, 1.807) is 0 Å². The number of benzene rings is 1. The number of hydrogen-bond donors (Lipinski definition) is 1. The second-order valence-electron chi connectivity index (χ2n) is 3.38.